The van der Waals surface area contributed by atoms with E-state index in [9.17, 15) is 14.3 Å². The molecule has 0 amide bonds. The molecule has 0 aliphatic heterocycles. The minimum atomic E-state index is -1.31. The number of carboxylic acids is 1. The van der Waals surface area contributed by atoms with E-state index in [1.165, 1.54) is 18.2 Å². The molecule has 76 valence electrons. The van der Waals surface area contributed by atoms with Crippen LogP contribution in [0.4, 0.5) is 4.39 Å². The summed E-state index contributed by atoms with van der Waals surface area (Å²) in [6.45, 7) is 0. The van der Waals surface area contributed by atoms with Crippen molar-refractivity contribution in [3.63, 3.8) is 0 Å². The van der Waals surface area contributed by atoms with E-state index in [2.05, 4.69) is 15.9 Å². The third-order valence-corrected chi connectivity index (χ3v) is 2.18. The molecule has 14 heavy (non-hydrogen) atoms. The Morgan fingerprint density at radius 3 is 2.79 bits per heavy atom. The third-order valence-electron chi connectivity index (χ3n) is 1.69. The molecule has 1 unspecified atom stereocenters. The number of rotatable bonds is 3. The van der Waals surface area contributed by atoms with Crippen molar-refractivity contribution in [3.05, 3.63) is 34.1 Å². The van der Waals surface area contributed by atoms with Crippen LogP contribution >= 0.6 is 15.9 Å². The fourth-order valence-electron chi connectivity index (χ4n) is 1.05. The fraction of sp³-hybridized carbons (Fsp3) is 0.222. The molecule has 0 bridgehead atoms. The van der Waals surface area contributed by atoms with Crippen LogP contribution in [0.15, 0.2) is 22.7 Å². The first-order valence-electron chi connectivity index (χ1n) is 3.85. The first-order valence-corrected chi connectivity index (χ1v) is 4.65. The molecule has 0 saturated heterocycles. The fourth-order valence-corrected chi connectivity index (χ4v) is 1.42. The van der Waals surface area contributed by atoms with Crippen molar-refractivity contribution in [3.8, 4) is 0 Å². The number of hydrogen-bond donors (Lipinski definition) is 2. The van der Waals surface area contributed by atoms with Gasteiger partial charge in [-0.25, -0.2) is 4.39 Å². The molecule has 3 nitrogen and oxygen atoms in total. The van der Waals surface area contributed by atoms with Gasteiger partial charge in [0.1, 0.15) is 5.82 Å². The van der Waals surface area contributed by atoms with E-state index in [0.717, 1.165) is 0 Å². The van der Waals surface area contributed by atoms with Gasteiger partial charge in [-0.3, -0.25) is 4.79 Å². The molecule has 0 aliphatic rings. The van der Waals surface area contributed by atoms with Crippen molar-refractivity contribution in [2.24, 2.45) is 0 Å². The molecule has 0 aliphatic carbocycles. The van der Waals surface area contributed by atoms with E-state index in [4.69, 9.17) is 5.11 Å². The average molecular weight is 263 g/mol. The maximum absolute atomic E-state index is 13.1. The predicted octanol–water partition coefficient (Wildman–Crippen LogP) is 2.10. The summed E-state index contributed by atoms with van der Waals surface area (Å²) >= 11 is 3.11. The minimum Gasteiger partial charge on any atom is -0.481 e. The smallest absolute Gasteiger partial charge is 0.306 e. The molecule has 1 rings (SSSR count). The maximum Gasteiger partial charge on any atom is 0.306 e. The quantitative estimate of drug-likeness (QED) is 0.877. The number of hydrogen-bond acceptors (Lipinski definition) is 2. The monoisotopic (exact) mass is 262 g/mol. The van der Waals surface area contributed by atoms with Crippen molar-refractivity contribution in [1.29, 1.82) is 0 Å². The molecule has 0 radical (unpaired) electrons. The van der Waals surface area contributed by atoms with Gasteiger partial charge in [0.05, 0.1) is 12.5 Å². The molecule has 0 heterocycles. The van der Waals surface area contributed by atoms with Crippen molar-refractivity contribution in [1.82, 2.24) is 0 Å². The highest BCUT2D eigenvalue weighted by Gasteiger charge is 2.16. The number of benzene rings is 1. The zero-order valence-electron chi connectivity index (χ0n) is 7.08. The summed E-state index contributed by atoms with van der Waals surface area (Å²) in [6.07, 6.45) is -1.82. The van der Waals surface area contributed by atoms with Crippen LogP contribution in [0.1, 0.15) is 18.1 Å². The lowest BCUT2D eigenvalue weighted by molar-refractivity contribution is -0.139. The summed E-state index contributed by atoms with van der Waals surface area (Å²) in [5.74, 6) is -1.78. The van der Waals surface area contributed by atoms with Gasteiger partial charge in [0, 0.05) is 10.0 Å². The summed E-state index contributed by atoms with van der Waals surface area (Å²) in [5, 5.41) is 17.8. The molecule has 1 aromatic carbocycles. The average Bonchev–Trinajstić information content (AvgIpc) is 2.08. The Morgan fingerprint density at radius 1 is 1.57 bits per heavy atom. The number of carboxylic acid groups (broad SMARTS) is 1. The molecule has 0 fully saturated rings. The Labute approximate surface area is 88.3 Å². The van der Waals surface area contributed by atoms with Gasteiger partial charge in [-0.2, -0.15) is 0 Å². The SMILES string of the molecule is O=C(O)CC(O)c1cc(Br)ccc1F. The molecular formula is C9H8BrFO3. The summed E-state index contributed by atoms with van der Waals surface area (Å²) in [7, 11) is 0. The maximum atomic E-state index is 13.1. The zero-order chi connectivity index (χ0) is 10.7. The predicted molar refractivity (Wildman–Crippen MR) is 51.3 cm³/mol. The summed E-state index contributed by atoms with van der Waals surface area (Å²) < 4.78 is 13.7. The molecule has 2 N–H and O–H groups in total. The summed E-state index contributed by atoms with van der Waals surface area (Å²) in [5.41, 5.74) is -0.0122. The van der Waals surface area contributed by atoms with Gasteiger partial charge in [0.25, 0.3) is 0 Å². The second-order valence-corrected chi connectivity index (χ2v) is 3.70. The molecule has 5 heteroatoms. The second-order valence-electron chi connectivity index (χ2n) is 2.78. The van der Waals surface area contributed by atoms with Crippen molar-refractivity contribution < 1.29 is 19.4 Å². The number of halogens is 2. The first-order chi connectivity index (χ1) is 6.50. The van der Waals surface area contributed by atoms with Gasteiger partial charge >= 0.3 is 5.97 Å². The van der Waals surface area contributed by atoms with Crippen molar-refractivity contribution in [2.45, 2.75) is 12.5 Å². The molecule has 0 aromatic heterocycles. The van der Waals surface area contributed by atoms with Gasteiger partial charge in [0.2, 0.25) is 0 Å². The van der Waals surface area contributed by atoms with Crippen LogP contribution in [0.2, 0.25) is 0 Å². The van der Waals surface area contributed by atoms with Gasteiger partial charge in [-0.05, 0) is 18.2 Å². The van der Waals surface area contributed by atoms with E-state index in [0.29, 0.717) is 4.47 Å². The molecule has 1 aromatic rings. The van der Waals surface area contributed by atoms with Crippen molar-refractivity contribution >= 4 is 21.9 Å². The Hall–Kier alpha value is -0.940. The highest BCUT2D eigenvalue weighted by Crippen LogP contribution is 2.23. The van der Waals surface area contributed by atoms with E-state index < -0.39 is 24.3 Å². The zero-order valence-corrected chi connectivity index (χ0v) is 8.66. The van der Waals surface area contributed by atoms with Crippen LogP contribution in [-0.4, -0.2) is 16.2 Å². The van der Waals surface area contributed by atoms with Crippen LogP contribution in [0.3, 0.4) is 0 Å². The molecule has 0 saturated carbocycles. The van der Waals surface area contributed by atoms with Crippen LogP contribution in [-0.2, 0) is 4.79 Å². The minimum absolute atomic E-state index is 0.0122. The highest BCUT2D eigenvalue weighted by atomic mass is 79.9. The summed E-state index contributed by atoms with van der Waals surface area (Å²) in [6, 6.07) is 4.01. The Bertz CT molecular complexity index is 354. The number of carbonyl (C=O) groups is 1. The topological polar surface area (TPSA) is 57.5 Å². The van der Waals surface area contributed by atoms with Crippen LogP contribution < -0.4 is 0 Å². The normalized spacial score (nSPS) is 12.5. The van der Waals surface area contributed by atoms with Gasteiger partial charge in [-0.15, -0.1) is 0 Å². The highest BCUT2D eigenvalue weighted by molar-refractivity contribution is 9.10. The number of aliphatic hydroxyl groups excluding tert-OH is 1. The van der Waals surface area contributed by atoms with E-state index >= 15 is 0 Å². The summed E-state index contributed by atoms with van der Waals surface area (Å²) in [4.78, 5) is 10.3. The van der Waals surface area contributed by atoms with Gasteiger partial charge in [0.15, 0.2) is 0 Å². The lowest BCUT2D eigenvalue weighted by Gasteiger charge is -2.09. The Balaban J connectivity index is 2.93. The Kier molecular flexibility index (Phi) is 3.60. The number of aliphatic hydroxyl groups is 1. The standard InChI is InChI=1S/C9H8BrFO3/c10-5-1-2-7(11)6(3-5)8(12)4-9(13)14/h1-3,8,12H,4H2,(H,13,14). The first kappa shape index (κ1) is 11.1. The molecular weight excluding hydrogens is 255 g/mol. The Morgan fingerprint density at radius 2 is 2.21 bits per heavy atom. The van der Waals surface area contributed by atoms with Gasteiger partial charge < -0.3 is 10.2 Å². The van der Waals surface area contributed by atoms with Crippen LogP contribution in [0.5, 0.6) is 0 Å². The van der Waals surface area contributed by atoms with Crippen molar-refractivity contribution in [2.75, 3.05) is 0 Å². The van der Waals surface area contributed by atoms with E-state index in [1.807, 2.05) is 0 Å². The second kappa shape index (κ2) is 4.52. The number of aliphatic carboxylic acids is 1. The van der Waals surface area contributed by atoms with E-state index in [-0.39, 0.29) is 5.56 Å². The van der Waals surface area contributed by atoms with Gasteiger partial charge in [-0.1, -0.05) is 15.9 Å². The lowest BCUT2D eigenvalue weighted by Crippen LogP contribution is -2.07. The third kappa shape index (κ3) is 2.78. The molecule has 1 atom stereocenters. The van der Waals surface area contributed by atoms with Crippen LogP contribution in [0.25, 0.3) is 0 Å². The molecule has 0 spiro atoms. The van der Waals surface area contributed by atoms with Crippen LogP contribution in [0, 0.1) is 5.82 Å². The van der Waals surface area contributed by atoms with E-state index in [1.54, 1.807) is 0 Å². The lowest BCUT2D eigenvalue weighted by atomic mass is 10.1. The largest absolute Gasteiger partial charge is 0.481 e.